The van der Waals surface area contributed by atoms with E-state index in [2.05, 4.69) is 10.5 Å². The average molecular weight is 348 g/mol. The lowest BCUT2D eigenvalue weighted by Crippen LogP contribution is -2.24. The van der Waals surface area contributed by atoms with Crippen LogP contribution in [0.4, 0.5) is 4.79 Å². The van der Waals surface area contributed by atoms with Gasteiger partial charge in [0, 0.05) is 0 Å². The second kappa shape index (κ2) is 7.98. The average Bonchev–Trinajstić information content (AvgIpc) is 2.56. The van der Waals surface area contributed by atoms with E-state index in [0.717, 1.165) is 0 Å². The number of esters is 1. The van der Waals surface area contributed by atoms with Gasteiger partial charge in [-0.05, 0) is 35.9 Å². The van der Waals surface area contributed by atoms with Crippen LogP contribution in [0.2, 0.25) is 5.02 Å². The van der Waals surface area contributed by atoms with Crippen molar-refractivity contribution in [2.24, 2.45) is 10.8 Å². The van der Waals surface area contributed by atoms with Crippen LogP contribution in [0.15, 0.2) is 47.6 Å². The molecule has 7 nitrogen and oxygen atoms in total. The zero-order chi connectivity index (χ0) is 17.5. The SMILES string of the molecule is COc1cc(/C=N/NC(N)=O)ccc1OC(=O)c1ccccc1Cl. The van der Waals surface area contributed by atoms with E-state index >= 15 is 0 Å². The molecule has 3 N–H and O–H groups in total. The van der Waals surface area contributed by atoms with Crippen LogP contribution in [0.1, 0.15) is 15.9 Å². The van der Waals surface area contributed by atoms with Crippen molar-refractivity contribution in [3.63, 3.8) is 0 Å². The maximum absolute atomic E-state index is 12.2. The number of ether oxygens (including phenoxy) is 2. The van der Waals surface area contributed by atoms with E-state index in [9.17, 15) is 9.59 Å². The number of carbonyl (C=O) groups is 2. The zero-order valence-corrected chi connectivity index (χ0v) is 13.4. The van der Waals surface area contributed by atoms with Crippen molar-refractivity contribution in [1.82, 2.24) is 5.43 Å². The highest BCUT2D eigenvalue weighted by Gasteiger charge is 2.15. The fraction of sp³-hybridized carbons (Fsp3) is 0.0625. The minimum absolute atomic E-state index is 0.224. The van der Waals surface area contributed by atoms with E-state index in [4.69, 9.17) is 26.8 Å². The van der Waals surface area contributed by atoms with Crippen LogP contribution in [0.3, 0.4) is 0 Å². The van der Waals surface area contributed by atoms with Crippen LogP contribution in [0.5, 0.6) is 11.5 Å². The minimum Gasteiger partial charge on any atom is -0.493 e. The second-order valence-corrected chi connectivity index (χ2v) is 4.92. The maximum atomic E-state index is 12.2. The molecule has 2 rings (SSSR count). The van der Waals surface area contributed by atoms with Crippen molar-refractivity contribution in [2.75, 3.05) is 7.11 Å². The van der Waals surface area contributed by atoms with E-state index < -0.39 is 12.0 Å². The summed E-state index contributed by atoms with van der Waals surface area (Å²) in [4.78, 5) is 22.7. The van der Waals surface area contributed by atoms with E-state index in [-0.39, 0.29) is 11.3 Å². The summed E-state index contributed by atoms with van der Waals surface area (Å²) < 4.78 is 10.5. The second-order valence-electron chi connectivity index (χ2n) is 4.51. The number of nitrogens with one attached hydrogen (secondary N) is 1. The number of methoxy groups -OCH3 is 1. The van der Waals surface area contributed by atoms with Gasteiger partial charge in [-0.3, -0.25) is 0 Å². The number of nitrogens with two attached hydrogens (primary N) is 1. The van der Waals surface area contributed by atoms with Gasteiger partial charge in [-0.25, -0.2) is 15.0 Å². The van der Waals surface area contributed by atoms with Gasteiger partial charge in [0.25, 0.3) is 0 Å². The molecule has 2 aromatic rings. The molecule has 0 atom stereocenters. The summed E-state index contributed by atoms with van der Waals surface area (Å²) >= 11 is 5.97. The Bertz CT molecular complexity index is 793. The number of rotatable bonds is 5. The van der Waals surface area contributed by atoms with Gasteiger partial charge in [-0.15, -0.1) is 0 Å². The lowest BCUT2D eigenvalue weighted by molar-refractivity contribution is 0.0730. The van der Waals surface area contributed by atoms with Gasteiger partial charge >= 0.3 is 12.0 Å². The number of primary amides is 1. The highest BCUT2D eigenvalue weighted by Crippen LogP contribution is 2.29. The minimum atomic E-state index is -0.775. The Labute approximate surface area is 143 Å². The van der Waals surface area contributed by atoms with Gasteiger partial charge in [0.15, 0.2) is 11.5 Å². The number of nitrogens with zero attached hydrogens (tertiary/aromatic N) is 1. The van der Waals surface area contributed by atoms with Crippen molar-refractivity contribution in [3.05, 3.63) is 58.6 Å². The molecule has 0 radical (unpaired) electrons. The molecule has 124 valence electrons. The lowest BCUT2D eigenvalue weighted by atomic mass is 10.2. The fourth-order valence-electron chi connectivity index (χ4n) is 1.80. The summed E-state index contributed by atoms with van der Waals surface area (Å²) in [5, 5.41) is 3.93. The summed E-state index contributed by atoms with van der Waals surface area (Å²) in [6, 6.07) is 10.5. The van der Waals surface area contributed by atoms with Gasteiger partial charge in [-0.2, -0.15) is 5.10 Å². The third kappa shape index (κ3) is 4.47. The summed E-state index contributed by atoms with van der Waals surface area (Å²) in [6.07, 6.45) is 1.37. The van der Waals surface area contributed by atoms with Crippen LogP contribution in [-0.4, -0.2) is 25.3 Å². The molecule has 8 heteroatoms. The van der Waals surface area contributed by atoms with Crippen molar-refractivity contribution in [2.45, 2.75) is 0 Å². The standard InChI is InChI=1S/C16H14ClN3O4/c1-23-14-8-10(9-19-20-16(18)22)6-7-13(14)24-15(21)11-4-2-3-5-12(11)17/h2-9H,1H3,(H3,18,20,22)/b19-9+. The van der Waals surface area contributed by atoms with Crippen molar-refractivity contribution in [3.8, 4) is 11.5 Å². The molecule has 0 aliphatic heterocycles. The molecule has 0 spiro atoms. The molecule has 24 heavy (non-hydrogen) atoms. The summed E-state index contributed by atoms with van der Waals surface area (Å²) in [6.45, 7) is 0. The predicted molar refractivity (Wildman–Crippen MR) is 89.7 cm³/mol. The first-order valence-corrected chi connectivity index (χ1v) is 7.12. The summed E-state index contributed by atoms with van der Waals surface area (Å²) in [5.74, 6) is -0.0587. The molecule has 0 fully saturated rings. The Hall–Kier alpha value is -3.06. The largest absolute Gasteiger partial charge is 0.493 e. The molecule has 0 aliphatic carbocycles. The first-order chi connectivity index (χ1) is 11.5. The lowest BCUT2D eigenvalue weighted by Gasteiger charge is -2.10. The molecule has 0 heterocycles. The van der Waals surface area contributed by atoms with Crippen molar-refractivity contribution in [1.29, 1.82) is 0 Å². The Balaban J connectivity index is 2.19. The van der Waals surface area contributed by atoms with Crippen LogP contribution >= 0.6 is 11.6 Å². The molecular formula is C16H14ClN3O4. The molecule has 0 aliphatic rings. The number of benzene rings is 2. The van der Waals surface area contributed by atoms with Crippen molar-refractivity contribution < 1.29 is 19.1 Å². The Morgan fingerprint density at radius 1 is 1.21 bits per heavy atom. The van der Waals surface area contributed by atoms with Crippen LogP contribution in [0, 0.1) is 0 Å². The van der Waals surface area contributed by atoms with Crippen LogP contribution < -0.4 is 20.6 Å². The number of hydrazone groups is 1. The Morgan fingerprint density at radius 3 is 2.62 bits per heavy atom. The topological polar surface area (TPSA) is 103 Å². The molecule has 0 saturated heterocycles. The zero-order valence-electron chi connectivity index (χ0n) is 12.7. The van der Waals surface area contributed by atoms with Crippen LogP contribution in [0.25, 0.3) is 0 Å². The third-order valence-electron chi connectivity index (χ3n) is 2.87. The monoisotopic (exact) mass is 347 g/mol. The van der Waals surface area contributed by atoms with Crippen molar-refractivity contribution >= 4 is 29.8 Å². The molecular weight excluding hydrogens is 334 g/mol. The predicted octanol–water partition coefficient (Wildman–Crippen LogP) is 2.57. The van der Waals surface area contributed by atoms with Gasteiger partial charge < -0.3 is 15.2 Å². The molecule has 2 amide bonds. The number of amides is 2. The summed E-state index contributed by atoms with van der Waals surface area (Å²) in [7, 11) is 1.44. The number of hydrogen-bond acceptors (Lipinski definition) is 5. The molecule has 0 aromatic heterocycles. The van der Waals surface area contributed by atoms with E-state index in [1.165, 1.54) is 13.3 Å². The molecule has 0 saturated carbocycles. The number of carbonyl (C=O) groups excluding carboxylic acids is 2. The van der Waals surface area contributed by atoms with Crippen LogP contribution in [-0.2, 0) is 0 Å². The first-order valence-electron chi connectivity index (χ1n) is 6.74. The summed E-state index contributed by atoms with van der Waals surface area (Å²) in [5.41, 5.74) is 7.83. The highest BCUT2D eigenvalue weighted by molar-refractivity contribution is 6.33. The Kier molecular flexibility index (Phi) is 5.75. The molecule has 0 bridgehead atoms. The van der Waals surface area contributed by atoms with Gasteiger partial charge in [-0.1, -0.05) is 23.7 Å². The number of urea groups is 1. The molecule has 0 unspecified atom stereocenters. The number of hydrogen-bond donors (Lipinski definition) is 2. The smallest absolute Gasteiger partial charge is 0.345 e. The highest BCUT2D eigenvalue weighted by atomic mass is 35.5. The van der Waals surface area contributed by atoms with Gasteiger partial charge in [0.2, 0.25) is 0 Å². The third-order valence-corrected chi connectivity index (χ3v) is 3.20. The van der Waals surface area contributed by atoms with E-state index in [0.29, 0.717) is 16.3 Å². The van der Waals surface area contributed by atoms with Gasteiger partial charge in [0.05, 0.1) is 23.9 Å². The normalized spacial score (nSPS) is 10.4. The fourth-order valence-corrected chi connectivity index (χ4v) is 2.01. The quantitative estimate of drug-likeness (QED) is 0.375. The van der Waals surface area contributed by atoms with E-state index in [1.54, 1.807) is 42.5 Å². The molecule has 2 aromatic carbocycles. The number of halogens is 1. The first kappa shape index (κ1) is 17.3. The maximum Gasteiger partial charge on any atom is 0.345 e. The van der Waals surface area contributed by atoms with Gasteiger partial charge in [0.1, 0.15) is 0 Å². The Morgan fingerprint density at radius 2 is 1.96 bits per heavy atom. The van der Waals surface area contributed by atoms with E-state index in [1.807, 2.05) is 0 Å².